The number of carbonyl (C=O) groups is 1. The highest BCUT2D eigenvalue weighted by Crippen LogP contribution is 2.18. The first kappa shape index (κ1) is 16.5. The van der Waals surface area contributed by atoms with Crippen molar-refractivity contribution >= 4 is 31.9 Å². The highest BCUT2D eigenvalue weighted by Gasteiger charge is 2.28. The topological polar surface area (TPSA) is 132 Å². The smallest absolute Gasteiger partial charge is 0.322 e. The lowest BCUT2D eigenvalue weighted by molar-refractivity contribution is -0.138. The number of aromatic amines is 1. The summed E-state index contributed by atoms with van der Waals surface area (Å²) in [6, 6.07) is 4.48. The molecule has 0 saturated carbocycles. The number of hydrogen-bond acceptors (Lipinski definition) is 5. The lowest BCUT2D eigenvalue weighted by atomic mass is 10.1. The van der Waals surface area contributed by atoms with Crippen molar-refractivity contribution in [1.82, 2.24) is 14.7 Å². The number of phenols is 1. The summed E-state index contributed by atoms with van der Waals surface area (Å²) < 4.78 is 26.5. The Labute approximate surface area is 134 Å². The zero-order valence-electron chi connectivity index (χ0n) is 11.0. The zero-order valence-corrected chi connectivity index (χ0v) is 13.4. The van der Waals surface area contributed by atoms with E-state index in [1.165, 1.54) is 30.6 Å². The molecule has 0 aliphatic carbocycles. The fourth-order valence-corrected chi connectivity index (χ4v) is 3.76. The van der Waals surface area contributed by atoms with Crippen LogP contribution in [0.5, 0.6) is 5.75 Å². The number of sulfonamides is 1. The predicted molar refractivity (Wildman–Crippen MR) is 79.8 cm³/mol. The molecule has 8 nitrogen and oxygen atoms in total. The van der Waals surface area contributed by atoms with Crippen LogP contribution in [-0.4, -0.2) is 40.6 Å². The molecule has 0 aliphatic heterocycles. The highest BCUT2D eigenvalue weighted by atomic mass is 79.9. The van der Waals surface area contributed by atoms with Gasteiger partial charge >= 0.3 is 5.97 Å². The number of aliphatic carboxylic acids is 1. The summed E-state index contributed by atoms with van der Waals surface area (Å²) in [5.74, 6) is -1.27. The zero-order chi connectivity index (χ0) is 16.3. The van der Waals surface area contributed by atoms with Crippen LogP contribution in [0.25, 0.3) is 0 Å². The van der Waals surface area contributed by atoms with Gasteiger partial charge in [0.15, 0.2) is 5.03 Å². The summed E-state index contributed by atoms with van der Waals surface area (Å²) in [7, 11) is -4.07. The third kappa shape index (κ3) is 3.84. The fourth-order valence-electron chi connectivity index (χ4n) is 1.75. The summed E-state index contributed by atoms with van der Waals surface area (Å²) in [6.45, 7) is 0. The first-order valence-corrected chi connectivity index (χ1v) is 8.29. The largest absolute Gasteiger partial charge is 0.508 e. The van der Waals surface area contributed by atoms with Gasteiger partial charge in [0.25, 0.3) is 10.0 Å². The molecule has 0 aliphatic rings. The van der Waals surface area contributed by atoms with Gasteiger partial charge in [0.1, 0.15) is 16.4 Å². The van der Waals surface area contributed by atoms with Crippen LogP contribution < -0.4 is 4.72 Å². The Bertz CT molecular complexity index is 772. The van der Waals surface area contributed by atoms with Gasteiger partial charge in [-0.25, -0.2) is 13.4 Å². The first-order valence-electron chi connectivity index (χ1n) is 6.01. The van der Waals surface area contributed by atoms with Gasteiger partial charge in [-0.3, -0.25) is 4.79 Å². The van der Waals surface area contributed by atoms with Crippen molar-refractivity contribution in [3.05, 3.63) is 40.8 Å². The van der Waals surface area contributed by atoms with Crippen molar-refractivity contribution in [2.45, 2.75) is 17.5 Å². The molecule has 0 bridgehead atoms. The number of hydrogen-bond donors (Lipinski definition) is 4. The summed E-state index contributed by atoms with van der Waals surface area (Å²) in [6.07, 6.45) is 1.11. The number of carboxylic acid groups (broad SMARTS) is 1. The molecule has 2 rings (SSSR count). The summed E-state index contributed by atoms with van der Waals surface area (Å²) in [5.41, 5.74) is 0.566. The number of imidazole rings is 1. The number of phenolic OH excluding ortho intramolecular Hbond substituents is 1. The molecular formula is C12H12BrN3O5S. The Morgan fingerprint density at radius 2 is 2.00 bits per heavy atom. The van der Waals surface area contributed by atoms with Gasteiger partial charge < -0.3 is 15.2 Å². The van der Waals surface area contributed by atoms with Gasteiger partial charge in [-0.05, 0) is 40.0 Å². The van der Waals surface area contributed by atoms with E-state index in [9.17, 15) is 23.4 Å². The fraction of sp³-hybridized carbons (Fsp3) is 0.167. The van der Waals surface area contributed by atoms with E-state index in [2.05, 4.69) is 30.6 Å². The van der Waals surface area contributed by atoms with Crippen molar-refractivity contribution in [3.63, 3.8) is 0 Å². The molecule has 0 radical (unpaired) electrons. The third-order valence-corrected chi connectivity index (χ3v) is 5.11. The van der Waals surface area contributed by atoms with Crippen LogP contribution in [0, 0.1) is 0 Å². The predicted octanol–water partition coefficient (Wildman–Crippen LogP) is 0.852. The van der Waals surface area contributed by atoms with E-state index in [0.717, 1.165) is 0 Å². The SMILES string of the molecule is O=C(O)[C@H](Cc1ccc(O)cc1)NS(=O)(=O)c1[nH]cnc1Br. The van der Waals surface area contributed by atoms with Crippen LogP contribution in [-0.2, 0) is 21.2 Å². The number of carboxylic acids is 1. The van der Waals surface area contributed by atoms with E-state index >= 15 is 0 Å². The number of halogens is 1. The van der Waals surface area contributed by atoms with Crippen LogP contribution in [0.2, 0.25) is 0 Å². The number of rotatable bonds is 6. The van der Waals surface area contributed by atoms with E-state index in [-0.39, 0.29) is 21.8 Å². The summed E-state index contributed by atoms with van der Waals surface area (Å²) in [5, 5.41) is 18.2. The molecule has 1 atom stereocenters. The second-order valence-corrected chi connectivity index (χ2v) is 6.81. The molecular weight excluding hydrogens is 378 g/mol. The minimum Gasteiger partial charge on any atom is -0.508 e. The lowest BCUT2D eigenvalue weighted by Gasteiger charge is -2.14. The van der Waals surface area contributed by atoms with Gasteiger partial charge in [0.2, 0.25) is 0 Å². The second-order valence-electron chi connectivity index (χ2n) is 4.41. The molecule has 2 aromatic rings. The van der Waals surface area contributed by atoms with E-state index in [4.69, 9.17) is 0 Å². The Balaban J connectivity index is 2.21. The maximum atomic E-state index is 12.2. The molecule has 4 N–H and O–H groups in total. The van der Waals surface area contributed by atoms with E-state index in [0.29, 0.717) is 5.56 Å². The van der Waals surface area contributed by atoms with Crippen molar-refractivity contribution in [1.29, 1.82) is 0 Å². The first-order chi connectivity index (χ1) is 10.3. The number of aromatic hydroxyl groups is 1. The van der Waals surface area contributed by atoms with Crippen LogP contribution >= 0.6 is 15.9 Å². The summed E-state index contributed by atoms with van der Waals surface area (Å²) >= 11 is 2.97. The van der Waals surface area contributed by atoms with Crippen molar-refractivity contribution in [2.24, 2.45) is 0 Å². The van der Waals surface area contributed by atoms with E-state index < -0.39 is 22.0 Å². The quantitative estimate of drug-likeness (QED) is 0.578. The van der Waals surface area contributed by atoms with Gasteiger partial charge in [-0.2, -0.15) is 4.72 Å². The minimum atomic E-state index is -4.07. The van der Waals surface area contributed by atoms with E-state index in [1.807, 2.05) is 0 Å². The standard InChI is InChI=1S/C12H12BrN3O5S/c13-10-11(15-6-14-10)22(20,21)16-9(12(18)19)5-7-1-3-8(17)4-2-7/h1-4,6,9,16-17H,5H2,(H,14,15)(H,18,19)/t9-/m0/s1. The normalized spacial score (nSPS) is 13.0. The molecule has 0 fully saturated rings. The molecule has 0 unspecified atom stereocenters. The molecule has 1 aromatic heterocycles. The number of aromatic nitrogens is 2. The third-order valence-electron chi connectivity index (χ3n) is 2.80. The van der Waals surface area contributed by atoms with Crippen LogP contribution in [0.3, 0.4) is 0 Å². The van der Waals surface area contributed by atoms with Gasteiger partial charge in [0, 0.05) is 0 Å². The van der Waals surface area contributed by atoms with Gasteiger partial charge in [-0.1, -0.05) is 12.1 Å². The maximum absolute atomic E-state index is 12.2. The van der Waals surface area contributed by atoms with Crippen LogP contribution in [0.1, 0.15) is 5.56 Å². The van der Waals surface area contributed by atoms with E-state index in [1.54, 1.807) is 0 Å². The average Bonchev–Trinajstić information content (AvgIpc) is 2.87. The molecule has 118 valence electrons. The van der Waals surface area contributed by atoms with Crippen LogP contribution in [0.4, 0.5) is 0 Å². The number of H-pyrrole nitrogens is 1. The van der Waals surface area contributed by atoms with Crippen molar-refractivity contribution in [3.8, 4) is 5.75 Å². The molecule has 0 spiro atoms. The monoisotopic (exact) mass is 389 g/mol. The molecule has 1 aromatic carbocycles. The van der Waals surface area contributed by atoms with Crippen molar-refractivity contribution in [2.75, 3.05) is 0 Å². The van der Waals surface area contributed by atoms with Gasteiger partial charge in [-0.15, -0.1) is 0 Å². The Hall–Kier alpha value is -1.91. The molecule has 0 saturated heterocycles. The average molecular weight is 390 g/mol. The second kappa shape index (κ2) is 6.46. The van der Waals surface area contributed by atoms with Crippen LogP contribution in [0.15, 0.2) is 40.2 Å². The molecule has 0 amide bonds. The summed E-state index contributed by atoms with van der Waals surface area (Å²) in [4.78, 5) is 17.4. The Kier molecular flexibility index (Phi) is 4.84. The number of benzene rings is 1. The lowest BCUT2D eigenvalue weighted by Crippen LogP contribution is -2.42. The number of nitrogens with zero attached hydrogens (tertiary/aromatic N) is 1. The Morgan fingerprint density at radius 3 is 2.50 bits per heavy atom. The number of nitrogens with one attached hydrogen (secondary N) is 2. The molecule has 10 heteroatoms. The van der Waals surface area contributed by atoms with Gasteiger partial charge in [0.05, 0.1) is 6.33 Å². The highest BCUT2D eigenvalue weighted by molar-refractivity contribution is 9.10. The molecule has 22 heavy (non-hydrogen) atoms. The molecule has 1 heterocycles. The maximum Gasteiger partial charge on any atom is 0.322 e. The minimum absolute atomic E-state index is 0.0394. The van der Waals surface area contributed by atoms with Crippen molar-refractivity contribution < 1.29 is 23.4 Å². The Morgan fingerprint density at radius 1 is 1.36 bits per heavy atom.